The molecule has 1 aliphatic carbocycles. The summed E-state index contributed by atoms with van der Waals surface area (Å²) in [6.45, 7) is 5.52. The molecule has 1 aliphatic rings. The van der Waals surface area contributed by atoms with Crippen molar-refractivity contribution in [1.29, 1.82) is 0 Å². The molecule has 0 spiro atoms. The molecule has 1 nitrogen and oxygen atoms in total. The highest BCUT2D eigenvalue weighted by Gasteiger charge is 2.34. The highest BCUT2D eigenvalue weighted by molar-refractivity contribution is 6.42. The molecule has 0 aliphatic heterocycles. The Labute approximate surface area is 126 Å². The van der Waals surface area contributed by atoms with E-state index in [-0.39, 0.29) is 0 Å². The third-order valence-electron chi connectivity index (χ3n) is 4.46. The van der Waals surface area contributed by atoms with Gasteiger partial charge in [-0.25, -0.2) is 0 Å². The van der Waals surface area contributed by atoms with Crippen LogP contribution in [0.25, 0.3) is 0 Å². The summed E-state index contributed by atoms with van der Waals surface area (Å²) in [5.41, 5.74) is 7.65. The molecule has 106 valence electrons. The fourth-order valence-corrected chi connectivity index (χ4v) is 3.63. The third-order valence-corrected chi connectivity index (χ3v) is 5.20. The van der Waals surface area contributed by atoms with Crippen molar-refractivity contribution in [3.05, 3.63) is 33.8 Å². The summed E-state index contributed by atoms with van der Waals surface area (Å²) in [6, 6.07) is 5.98. The van der Waals surface area contributed by atoms with E-state index in [2.05, 4.69) is 19.9 Å². The Morgan fingerprint density at radius 2 is 1.95 bits per heavy atom. The van der Waals surface area contributed by atoms with Crippen LogP contribution in [-0.4, -0.2) is 6.54 Å². The minimum Gasteiger partial charge on any atom is -0.330 e. The van der Waals surface area contributed by atoms with Crippen LogP contribution in [0.3, 0.4) is 0 Å². The van der Waals surface area contributed by atoms with Crippen LogP contribution >= 0.6 is 23.2 Å². The molecule has 0 heterocycles. The second-order valence-electron chi connectivity index (χ2n) is 6.62. The van der Waals surface area contributed by atoms with Crippen molar-refractivity contribution >= 4 is 23.2 Å². The molecular weight excluding hydrogens is 277 g/mol. The Morgan fingerprint density at radius 1 is 1.21 bits per heavy atom. The van der Waals surface area contributed by atoms with E-state index in [1.54, 1.807) is 0 Å². The molecule has 1 aromatic carbocycles. The molecule has 0 saturated heterocycles. The Balaban J connectivity index is 2.12. The number of halogens is 2. The van der Waals surface area contributed by atoms with Crippen molar-refractivity contribution in [2.24, 2.45) is 23.0 Å². The maximum absolute atomic E-state index is 6.10. The average Bonchev–Trinajstić information content (AvgIpc) is 2.33. The van der Waals surface area contributed by atoms with Crippen molar-refractivity contribution in [1.82, 2.24) is 0 Å². The van der Waals surface area contributed by atoms with Crippen molar-refractivity contribution < 1.29 is 0 Å². The molecule has 19 heavy (non-hydrogen) atoms. The summed E-state index contributed by atoms with van der Waals surface area (Å²) in [7, 11) is 0. The zero-order valence-electron chi connectivity index (χ0n) is 11.8. The second kappa shape index (κ2) is 6.03. The largest absolute Gasteiger partial charge is 0.330 e. The minimum atomic E-state index is 0.437. The molecule has 2 atom stereocenters. The van der Waals surface area contributed by atoms with Crippen molar-refractivity contribution in [3.63, 3.8) is 0 Å². The van der Waals surface area contributed by atoms with Gasteiger partial charge < -0.3 is 5.73 Å². The molecule has 1 fully saturated rings. The highest BCUT2D eigenvalue weighted by atomic mass is 35.5. The van der Waals surface area contributed by atoms with Crippen molar-refractivity contribution in [3.8, 4) is 0 Å². The molecule has 3 heteroatoms. The van der Waals surface area contributed by atoms with Gasteiger partial charge in [-0.15, -0.1) is 0 Å². The molecule has 2 N–H and O–H groups in total. The monoisotopic (exact) mass is 299 g/mol. The van der Waals surface area contributed by atoms with E-state index in [0.29, 0.717) is 27.3 Å². The molecule has 2 unspecified atom stereocenters. The summed E-state index contributed by atoms with van der Waals surface area (Å²) in [5.74, 6) is 1.30. The topological polar surface area (TPSA) is 26.0 Å². The first-order chi connectivity index (χ1) is 8.91. The molecule has 1 saturated carbocycles. The van der Waals surface area contributed by atoms with Crippen molar-refractivity contribution in [2.75, 3.05) is 6.54 Å². The van der Waals surface area contributed by atoms with Gasteiger partial charge >= 0.3 is 0 Å². The number of hydrogen-bond acceptors (Lipinski definition) is 1. The summed E-state index contributed by atoms with van der Waals surface area (Å²) in [6.07, 6.45) is 4.83. The molecule has 0 bridgehead atoms. The number of rotatable bonds is 3. The Morgan fingerprint density at radius 3 is 2.58 bits per heavy atom. The predicted molar refractivity (Wildman–Crippen MR) is 83.8 cm³/mol. The lowest BCUT2D eigenvalue weighted by atomic mass is 9.65. The molecule has 1 aromatic rings. The molecule has 2 rings (SSSR count). The van der Waals surface area contributed by atoms with Gasteiger partial charge in [-0.1, -0.05) is 43.1 Å². The summed E-state index contributed by atoms with van der Waals surface area (Å²) >= 11 is 12.1. The number of benzene rings is 1. The fourth-order valence-electron chi connectivity index (χ4n) is 3.31. The molecule has 0 amide bonds. The van der Waals surface area contributed by atoms with E-state index in [1.165, 1.54) is 24.8 Å². The van der Waals surface area contributed by atoms with Crippen LogP contribution < -0.4 is 5.73 Å². The van der Waals surface area contributed by atoms with E-state index in [0.717, 1.165) is 13.0 Å². The lowest BCUT2D eigenvalue weighted by molar-refractivity contribution is 0.121. The normalized spacial score (nSPS) is 26.4. The minimum absolute atomic E-state index is 0.437. The van der Waals surface area contributed by atoms with E-state index < -0.39 is 0 Å². The SMILES string of the molecule is CC1(C)CCC(CN)C(Cc2ccc(Cl)c(Cl)c2)C1. The maximum Gasteiger partial charge on any atom is 0.0595 e. The Kier molecular flexibility index (Phi) is 4.81. The first-order valence-corrected chi connectivity index (χ1v) is 7.81. The maximum atomic E-state index is 6.10. The Hall–Kier alpha value is -0.240. The third kappa shape index (κ3) is 3.87. The van der Waals surface area contributed by atoms with Crippen molar-refractivity contribution in [2.45, 2.75) is 39.5 Å². The summed E-state index contributed by atoms with van der Waals surface area (Å²) in [5, 5.41) is 1.28. The van der Waals surface area contributed by atoms with Crippen LogP contribution in [0.1, 0.15) is 38.7 Å². The highest BCUT2D eigenvalue weighted by Crippen LogP contribution is 2.43. The van der Waals surface area contributed by atoms with Gasteiger partial charge in [0.1, 0.15) is 0 Å². The van der Waals surface area contributed by atoms with Gasteiger partial charge in [0.15, 0.2) is 0 Å². The van der Waals surface area contributed by atoms with E-state index in [4.69, 9.17) is 28.9 Å². The van der Waals surface area contributed by atoms with E-state index in [1.807, 2.05) is 12.1 Å². The van der Waals surface area contributed by atoms with Crippen LogP contribution in [0.4, 0.5) is 0 Å². The average molecular weight is 300 g/mol. The van der Waals surface area contributed by atoms with Crippen LogP contribution in [0.5, 0.6) is 0 Å². The lowest BCUT2D eigenvalue weighted by Gasteiger charge is -2.40. The molecule has 0 radical (unpaired) electrons. The van der Waals surface area contributed by atoms with Crippen LogP contribution in [0.2, 0.25) is 10.0 Å². The quantitative estimate of drug-likeness (QED) is 0.841. The smallest absolute Gasteiger partial charge is 0.0595 e. The first-order valence-electron chi connectivity index (χ1n) is 7.05. The van der Waals surface area contributed by atoms with Crippen LogP contribution in [0.15, 0.2) is 18.2 Å². The van der Waals surface area contributed by atoms with Gasteiger partial charge in [0, 0.05) is 0 Å². The number of nitrogens with two attached hydrogens (primary N) is 1. The van der Waals surface area contributed by atoms with Gasteiger partial charge in [0.2, 0.25) is 0 Å². The van der Waals surface area contributed by atoms with Gasteiger partial charge in [-0.05, 0) is 67.2 Å². The summed E-state index contributed by atoms with van der Waals surface area (Å²) < 4.78 is 0. The standard InChI is InChI=1S/C16H23Cl2N/c1-16(2)6-5-12(10-19)13(9-16)7-11-3-4-14(17)15(18)8-11/h3-4,8,12-13H,5-7,9-10,19H2,1-2H3. The van der Waals surface area contributed by atoms with Crippen LogP contribution in [-0.2, 0) is 6.42 Å². The van der Waals surface area contributed by atoms with Gasteiger partial charge in [0.05, 0.1) is 10.0 Å². The van der Waals surface area contributed by atoms with Crippen LogP contribution in [0, 0.1) is 17.3 Å². The van der Waals surface area contributed by atoms with Gasteiger partial charge in [-0.2, -0.15) is 0 Å². The van der Waals surface area contributed by atoms with E-state index >= 15 is 0 Å². The lowest BCUT2D eigenvalue weighted by Crippen LogP contribution is -2.35. The fraction of sp³-hybridized carbons (Fsp3) is 0.625. The number of hydrogen-bond donors (Lipinski definition) is 1. The van der Waals surface area contributed by atoms with Gasteiger partial charge in [0.25, 0.3) is 0 Å². The Bertz CT molecular complexity index is 442. The predicted octanol–water partition coefficient (Wildman–Crippen LogP) is 4.94. The zero-order chi connectivity index (χ0) is 14.0. The zero-order valence-corrected chi connectivity index (χ0v) is 13.3. The summed E-state index contributed by atoms with van der Waals surface area (Å²) in [4.78, 5) is 0. The second-order valence-corrected chi connectivity index (χ2v) is 7.43. The van der Waals surface area contributed by atoms with Gasteiger partial charge in [-0.3, -0.25) is 0 Å². The van der Waals surface area contributed by atoms with E-state index in [9.17, 15) is 0 Å². The first kappa shape index (κ1) is 15.2. The molecular formula is C16H23Cl2N. The molecule has 0 aromatic heterocycles.